The third-order valence-corrected chi connectivity index (χ3v) is 6.46. The Morgan fingerprint density at radius 1 is 0.889 bits per heavy atom. The maximum atomic E-state index is 13.1. The molecule has 180 valence electrons. The van der Waals surface area contributed by atoms with Crippen LogP contribution < -0.4 is 10.2 Å². The quantitative estimate of drug-likeness (QED) is 0.261. The van der Waals surface area contributed by atoms with Crippen molar-refractivity contribution in [3.05, 3.63) is 102 Å². The number of rotatable bonds is 8. The minimum atomic E-state index is -1.22. The third-order valence-electron chi connectivity index (χ3n) is 5.28. The fourth-order valence-electron chi connectivity index (χ4n) is 3.60. The fraction of sp³-hybridized carbons (Fsp3) is 0.0714. The molecule has 1 atom stereocenters. The van der Waals surface area contributed by atoms with Gasteiger partial charge in [0.1, 0.15) is 0 Å². The van der Waals surface area contributed by atoms with Gasteiger partial charge in [-0.2, -0.15) is 0 Å². The normalized spacial score (nSPS) is 15.7. The largest absolute Gasteiger partial charge is 0.478 e. The van der Waals surface area contributed by atoms with Gasteiger partial charge in [0, 0.05) is 29.2 Å². The van der Waals surface area contributed by atoms with Gasteiger partial charge in [-0.15, -0.1) is 11.8 Å². The van der Waals surface area contributed by atoms with Crippen molar-refractivity contribution in [1.82, 2.24) is 0 Å². The number of thioether (sulfide) groups is 1. The Morgan fingerprint density at radius 2 is 1.58 bits per heavy atom. The van der Waals surface area contributed by atoms with Crippen molar-refractivity contribution in [3.63, 3.8) is 0 Å². The number of carbonyl (C=O) groups excluding carboxylic acids is 3. The number of carbonyl (C=O) groups is 4. The van der Waals surface area contributed by atoms with Crippen LogP contribution in [0.5, 0.6) is 0 Å². The number of amides is 3. The molecule has 3 amide bonds. The molecule has 7 nitrogen and oxygen atoms in total. The number of hydrogen-bond donors (Lipinski definition) is 2. The lowest BCUT2D eigenvalue weighted by molar-refractivity contribution is -0.131. The van der Waals surface area contributed by atoms with Crippen molar-refractivity contribution in [2.45, 2.75) is 16.6 Å². The zero-order valence-electron chi connectivity index (χ0n) is 19.0. The summed E-state index contributed by atoms with van der Waals surface area (Å²) in [6.07, 6.45) is 5.69. The van der Waals surface area contributed by atoms with Crippen molar-refractivity contribution < 1.29 is 24.3 Å². The van der Waals surface area contributed by atoms with Crippen molar-refractivity contribution in [2.75, 3.05) is 10.2 Å². The van der Waals surface area contributed by atoms with E-state index in [4.69, 9.17) is 5.11 Å². The monoisotopic (exact) mass is 498 g/mol. The standard InChI is InChI=1S/C28H22N2O5S/c31-25(15-16-27(33)34)29-21-7-4-8-23(17-21)36-24-18-26(32)30(28(24)35)22-13-11-20(12-14-22)10-9-19-5-2-1-3-6-19/h1-17,24H,18H2,(H,29,31)(H,33,34)/b10-9+,16-15+/t24-/m1/s1. The van der Waals surface area contributed by atoms with E-state index in [1.165, 1.54) is 16.7 Å². The van der Waals surface area contributed by atoms with Gasteiger partial charge in [-0.3, -0.25) is 14.4 Å². The van der Waals surface area contributed by atoms with E-state index < -0.39 is 17.1 Å². The van der Waals surface area contributed by atoms with Gasteiger partial charge in [-0.05, 0) is 41.5 Å². The number of benzene rings is 3. The molecule has 0 bridgehead atoms. The number of carboxylic acid groups (broad SMARTS) is 1. The van der Waals surface area contributed by atoms with E-state index in [9.17, 15) is 19.2 Å². The molecule has 0 saturated carbocycles. The summed E-state index contributed by atoms with van der Waals surface area (Å²) >= 11 is 1.24. The number of carboxylic acids is 1. The number of hydrogen-bond acceptors (Lipinski definition) is 5. The minimum Gasteiger partial charge on any atom is -0.478 e. The van der Waals surface area contributed by atoms with E-state index >= 15 is 0 Å². The Balaban J connectivity index is 1.41. The second-order valence-electron chi connectivity index (χ2n) is 7.90. The van der Waals surface area contributed by atoms with Gasteiger partial charge in [0.15, 0.2) is 0 Å². The summed E-state index contributed by atoms with van der Waals surface area (Å²) in [5.74, 6) is -2.37. The minimum absolute atomic E-state index is 0.0666. The lowest BCUT2D eigenvalue weighted by Crippen LogP contribution is -2.31. The van der Waals surface area contributed by atoms with Crippen LogP contribution in [0.2, 0.25) is 0 Å². The molecule has 8 heteroatoms. The van der Waals surface area contributed by atoms with Crippen LogP contribution in [-0.4, -0.2) is 34.0 Å². The molecule has 36 heavy (non-hydrogen) atoms. The third kappa shape index (κ3) is 6.37. The van der Waals surface area contributed by atoms with Gasteiger partial charge in [-0.25, -0.2) is 9.69 Å². The van der Waals surface area contributed by atoms with Crippen LogP contribution in [0.4, 0.5) is 11.4 Å². The van der Waals surface area contributed by atoms with Crippen molar-refractivity contribution in [1.29, 1.82) is 0 Å². The molecule has 3 aromatic carbocycles. The Labute approximate surface area is 212 Å². The Morgan fingerprint density at radius 3 is 2.28 bits per heavy atom. The first-order chi connectivity index (χ1) is 17.4. The molecule has 1 saturated heterocycles. The summed E-state index contributed by atoms with van der Waals surface area (Å²) < 4.78 is 0. The predicted molar refractivity (Wildman–Crippen MR) is 140 cm³/mol. The number of nitrogens with zero attached hydrogens (tertiary/aromatic N) is 1. The van der Waals surface area contributed by atoms with E-state index in [0.29, 0.717) is 16.3 Å². The lowest BCUT2D eigenvalue weighted by Gasteiger charge is -2.15. The summed E-state index contributed by atoms with van der Waals surface area (Å²) in [5.41, 5.74) is 3.00. The molecule has 1 aliphatic rings. The molecule has 0 aromatic heterocycles. The maximum Gasteiger partial charge on any atom is 0.328 e. The Kier molecular flexibility index (Phi) is 7.77. The number of anilines is 2. The zero-order valence-corrected chi connectivity index (χ0v) is 19.9. The van der Waals surface area contributed by atoms with Crippen molar-refractivity contribution >= 4 is 59.0 Å². The van der Waals surface area contributed by atoms with Crippen LogP contribution in [0.25, 0.3) is 12.2 Å². The average molecular weight is 499 g/mol. The molecule has 0 radical (unpaired) electrons. The predicted octanol–water partition coefficient (Wildman–Crippen LogP) is 4.86. The van der Waals surface area contributed by atoms with Crippen LogP contribution in [0.3, 0.4) is 0 Å². The summed E-state index contributed by atoms with van der Waals surface area (Å²) in [5, 5.41) is 10.6. The topological polar surface area (TPSA) is 104 Å². The first-order valence-electron chi connectivity index (χ1n) is 11.1. The molecule has 2 N–H and O–H groups in total. The van der Waals surface area contributed by atoms with Crippen LogP contribution in [0.15, 0.2) is 95.9 Å². The Bertz CT molecular complexity index is 1350. The molecular weight excluding hydrogens is 476 g/mol. The van der Waals surface area contributed by atoms with Gasteiger partial charge < -0.3 is 10.4 Å². The highest BCUT2D eigenvalue weighted by Crippen LogP contribution is 2.35. The maximum absolute atomic E-state index is 13.1. The summed E-state index contributed by atoms with van der Waals surface area (Å²) in [7, 11) is 0. The van der Waals surface area contributed by atoms with E-state index in [2.05, 4.69) is 5.32 Å². The molecular formula is C28H22N2O5S. The molecule has 4 rings (SSSR count). The van der Waals surface area contributed by atoms with E-state index in [1.807, 2.05) is 54.6 Å². The molecule has 0 unspecified atom stereocenters. The van der Waals surface area contributed by atoms with Gasteiger partial charge in [0.2, 0.25) is 17.7 Å². The number of aliphatic carboxylic acids is 1. The summed E-state index contributed by atoms with van der Waals surface area (Å²) in [6, 6.07) is 23.9. The zero-order chi connectivity index (χ0) is 25.5. The van der Waals surface area contributed by atoms with Gasteiger partial charge >= 0.3 is 5.97 Å². The number of nitrogens with one attached hydrogen (secondary N) is 1. The highest BCUT2D eigenvalue weighted by molar-refractivity contribution is 8.00. The van der Waals surface area contributed by atoms with Crippen molar-refractivity contribution in [2.24, 2.45) is 0 Å². The van der Waals surface area contributed by atoms with Crippen LogP contribution in [0.1, 0.15) is 17.5 Å². The average Bonchev–Trinajstić information content (AvgIpc) is 3.15. The van der Waals surface area contributed by atoms with E-state index in [1.54, 1.807) is 36.4 Å². The fourth-order valence-corrected chi connectivity index (χ4v) is 4.71. The van der Waals surface area contributed by atoms with E-state index in [-0.39, 0.29) is 18.2 Å². The van der Waals surface area contributed by atoms with Gasteiger partial charge in [-0.1, -0.05) is 60.7 Å². The smallest absolute Gasteiger partial charge is 0.328 e. The number of imide groups is 1. The first kappa shape index (κ1) is 24.7. The highest BCUT2D eigenvalue weighted by atomic mass is 32.2. The summed E-state index contributed by atoms with van der Waals surface area (Å²) in [6.45, 7) is 0. The van der Waals surface area contributed by atoms with Crippen LogP contribution in [-0.2, 0) is 19.2 Å². The molecule has 1 fully saturated rings. The van der Waals surface area contributed by atoms with Gasteiger partial charge in [0.25, 0.3) is 0 Å². The second-order valence-corrected chi connectivity index (χ2v) is 9.18. The second kappa shape index (κ2) is 11.3. The SMILES string of the molecule is O=C(O)/C=C/C(=O)Nc1cccc(S[C@@H]2CC(=O)N(c3ccc(/C=C/c4ccccc4)cc3)C2=O)c1. The Hall–Kier alpha value is -4.43. The molecule has 1 aliphatic heterocycles. The van der Waals surface area contributed by atoms with Crippen LogP contribution in [0, 0.1) is 0 Å². The lowest BCUT2D eigenvalue weighted by atomic mass is 10.1. The molecule has 3 aromatic rings. The van der Waals surface area contributed by atoms with Crippen molar-refractivity contribution in [3.8, 4) is 0 Å². The first-order valence-corrected chi connectivity index (χ1v) is 12.0. The van der Waals surface area contributed by atoms with E-state index in [0.717, 1.165) is 23.3 Å². The molecule has 0 aliphatic carbocycles. The molecule has 1 heterocycles. The molecule has 0 spiro atoms. The highest BCUT2D eigenvalue weighted by Gasteiger charge is 2.40. The van der Waals surface area contributed by atoms with Crippen LogP contribution >= 0.6 is 11.8 Å². The van der Waals surface area contributed by atoms with Gasteiger partial charge in [0.05, 0.1) is 10.9 Å². The summed E-state index contributed by atoms with van der Waals surface area (Å²) in [4.78, 5) is 50.0.